The van der Waals surface area contributed by atoms with E-state index in [4.69, 9.17) is 4.89 Å². The molecule has 0 saturated heterocycles. The molecule has 0 aliphatic carbocycles. The number of hydrogen-bond acceptors (Lipinski definition) is 2. The first-order valence-corrected chi connectivity index (χ1v) is 4.05. The first-order valence-electron chi connectivity index (χ1n) is 4.05. The van der Waals surface area contributed by atoms with Crippen LogP contribution in [-0.2, 0) is 4.89 Å². The molecule has 0 aliphatic rings. The van der Waals surface area contributed by atoms with Crippen LogP contribution in [0, 0.1) is 0 Å². The second-order valence-corrected chi connectivity index (χ2v) is 2.94. The summed E-state index contributed by atoms with van der Waals surface area (Å²) in [5, 5.41) is 0. The quantitative estimate of drug-likeness (QED) is 0.507. The van der Waals surface area contributed by atoms with Gasteiger partial charge in [-0.2, -0.15) is 4.89 Å². The number of rotatable bonds is 3. The Bertz CT molecular complexity index is 243. The zero-order valence-corrected chi connectivity index (χ0v) is 7.70. The lowest BCUT2D eigenvalue weighted by atomic mass is 10.0. The molecule has 0 fully saturated rings. The monoisotopic (exact) mass is 166 g/mol. The lowest BCUT2D eigenvalue weighted by Gasteiger charge is -2.10. The van der Waals surface area contributed by atoms with Crippen LogP contribution in [0.3, 0.4) is 0 Å². The first kappa shape index (κ1) is 9.07. The van der Waals surface area contributed by atoms with Crippen molar-refractivity contribution in [3.8, 4) is 5.75 Å². The minimum atomic E-state index is 0.455. The maximum Gasteiger partial charge on any atom is 0.168 e. The van der Waals surface area contributed by atoms with Crippen molar-refractivity contribution in [2.24, 2.45) is 0 Å². The highest BCUT2D eigenvalue weighted by Gasteiger charge is 2.06. The Morgan fingerprint density at radius 3 is 2.42 bits per heavy atom. The number of para-hydroxylation sites is 1. The molecule has 0 amide bonds. The van der Waals surface area contributed by atoms with Gasteiger partial charge >= 0.3 is 0 Å². The molecule has 2 heteroatoms. The van der Waals surface area contributed by atoms with Crippen LogP contribution in [0.25, 0.3) is 0 Å². The van der Waals surface area contributed by atoms with Gasteiger partial charge in [-0.25, -0.2) is 0 Å². The molecule has 1 aromatic carbocycles. The summed E-state index contributed by atoms with van der Waals surface area (Å²) in [6, 6.07) is 7.87. The van der Waals surface area contributed by atoms with Crippen LogP contribution in [0.1, 0.15) is 25.3 Å². The molecule has 0 aliphatic heterocycles. The highest BCUT2D eigenvalue weighted by Crippen LogP contribution is 2.25. The first-order chi connectivity index (χ1) is 5.75. The van der Waals surface area contributed by atoms with Crippen molar-refractivity contribution in [1.29, 1.82) is 0 Å². The van der Waals surface area contributed by atoms with Crippen molar-refractivity contribution < 1.29 is 9.78 Å². The van der Waals surface area contributed by atoms with Gasteiger partial charge in [-0.3, -0.25) is 0 Å². The summed E-state index contributed by atoms with van der Waals surface area (Å²) in [4.78, 5) is 9.62. The van der Waals surface area contributed by atoms with Gasteiger partial charge < -0.3 is 4.89 Å². The third-order valence-corrected chi connectivity index (χ3v) is 1.71. The Morgan fingerprint density at radius 2 is 1.83 bits per heavy atom. The largest absolute Gasteiger partial charge is 0.338 e. The topological polar surface area (TPSA) is 18.5 Å². The van der Waals surface area contributed by atoms with Gasteiger partial charge in [-0.15, -0.1) is 0 Å². The molecule has 2 nitrogen and oxygen atoms in total. The Labute approximate surface area is 73.0 Å². The molecule has 0 aromatic heterocycles. The third kappa shape index (κ3) is 1.98. The smallest absolute Gasteiger partial charge is 0.168 e. The fraction of sp³-hybridized carbons (Fsp3) is 0.400. The molecule has 12 heavy (non-hydrogen) atoms. The van der Waals surface area contributed by atoms with Gasteiger partial charge in [-0.05, 0) is 12.0 Å². The lowest BCUT2D eigenvalue weighted by molar-refractivity contribution is -0.178. The van der Waals surface area contributed by atoms with Crippen LogP contribution in [0.5, 0.6) is 5.75 Å². The van der Waals surface area contributed by atoms with E-state index in [9.17, 15) is 0 Å². The van der Waals surface area contributed by atoms with Crippen molar-refractivity contribution in [1.82, 2.24) is 0 Å². The highest BCUT2D eigenvalue weighted by molar-refractivity contribution is 5.34. The van der Waals surface area contributed by atoms with Crippen LogP contribution in [0.2, 0.25) is 0 Å². The summed E-state index contributed by atoms with van der Waals surface area (Å²) < 4.78 is 0. The fourth-order valence-electron chi connectivity index (χ4n) is 1.12. The molecular weight excluding hydrogens is 152 g/mol. The van der Waals surface area contributed by atoms with Crippen molar-refractivity contribution in [2.75, 3.05) is 7.11 Å². The van der Waals surface area contributed by atoms with Gasteiger partial charge in [-0.1, -0.05) is 32.0 Å². The zero-order chi connectivity index (χ0) is 8.97. The van der Waals surface area contributed by atoms with Gasteiger partial charge in [0.25, 0.3) is 0 Å². The van der Waals surface area contributed by atoms with E-state index in [2.05, 4.69) is 18.7 Å². The van der Waals surface area contributed by atoms with Gasteiger partial charge in [0.05, 0.1) is 7.11 Å². The van der Waals surface area contributed by atoms with Crippen LogP contribution in [-0.4, -0.2) is 7.11 Å². The SMILES string of the molecule is COOc1ccccc1C(C)C. The normalized spacial score (nSPS) is 10.3. The summed E-state index contributed by atoms with van der Waals surface area (Å²) in [6.07, 6.45) is 0. The van der Waals surface area contributed by atoms with Crippen LogP contribution < -0.4 is 4.89 Å². The summed E-state index contributed by atoms with van der Waals surface area (Å²) in [5.74, 6) is 1.26. The van der Waals surface area contributed by atoms with E-state index in [-0.39, 0.29) is 0 Å². The van der Waals surface area contributed by atoms with Gasteiger partial charge in [0, 0.05) is 5.56 Å². The van der Waals surface area contributed by atoms with Gasteiger partial charge in [0.2, 0.25) is 0 Å². The van der Waals surface area contributed by atoms with Gasteiger partial charge in [0.1, 0.15) is 0 Å². The molecule has 0 radical (unpaired) electrons. The maximum absolute atomic E-state index is 5.00. The molecule has 1 aromatic rings. The molecule has 0 saturated carbocycles. The van der Waals surface area contributed by atoms with Crippen molar-refractivity contribution in [2.45, 2.75) is 19.8 Å². The molecule has 66 valence electrons. The predicted octanol–water partition coefficient (Wildman–Crippen LogP) is 2.75. The molecule has 0 bridgehead atoms. The van der Waals surface area contributed by atoms with Crippen molar-refractivity contribution in [3.05, 3.63) is 29.8 Å². The Balaban J connectivity index is 2.92. The van der Waals surface area contributed by atoms with Crippen LogP contribution >= 0.6 is 0 Å². The predicted molar refractivity (Wildman–Crippen MR) is 48.2 cm³/mol. The van der Waals surface area contributed by atoms with E-state index < -0.39 is 0 Å². The molecule has 1 rings (SSSR count). The highest BCUT2D eigenvalue weighted by atomic mass is 17.2. The Morgan fingerprint density at radius 1 is 1.17 bits per heavy atom. The molecule has 0 N–H and O–H groups in total. The summed E-state index contributed by atoms with van der Waals surface area (Å²) in [5.41, 5.74) is 1.17. The Kier molecular flexibility index (Phi) is 3.11. The minimum Gasteiger partial charge on any atom is -0.338 e. The maximum atomic E-state index is 5.00. The van der Waals surface area contributed by atoms with E-state index in [0.717, 1.165) is 5.75 Å². The standard InChI is InChI=1S/C10H14O2/c1-8(2)9-6-4-5-7-10(9)12-11-3/h4-8H,1-3H3. The molecule has 0 atom stereocenters. The molecule has 0 spiro atoms. The zero-order valence-electron chi connectivity index (χ0n) is 7.70. The average Bonchev–Trinajstić information content (AvgIpc) is 2.05. The van der Waals surface area contributed by atoms with E-state index in [1.165, 1.54) is 12.7 Å². The minimum absolute atomic E-state index is 0.455. The third-order valence-electron chi connectivity index (χ3n) is 1.71. The molecular formula is C10H14O2. The van der Waals surface area contributed by atoms with Crippen LogP contribution in [0.4, 0.5) is 0 Å². The van der Waals surface area contributed by atoms with Crippen molar-refractivity contribution in [3.63, 3.8) is 0 Å². The van der Waals surface area contributed by atoms with E-state index in [1.807, 2.05) is 24.3 Å². The Hall–Kier alpha value is -1.02. The van der Waals surface area contributed by atoms with E-state index in [1.54, 1.807) is 0 Å². The lowest BCUT2D eigenvalue weighted by Crippen LogP contribution is -1.96. The van der Waals surface area contributed by atoms with Crippen molar-refractivity contribution >= 4 is 0 Å². The number of benzene rings is 1. The molecule has 0 unspecified atom stereocenters. The fourth-order valence-corrected chi connectivity index (χ4v) is 1.12. The summed E-state index contributed by atoms with van der Waals surface area (Å²) in [6.45, 7) is 4.25. The average molecular weight is 166 g/mol. The van der Waals surface area contributed by atoms with Crippen LogP contribution in [0.15, 0.2) is 24.3 Å². The number of hydrogen-bond donors (Lipinski definition) is 0. The second kappa shape index (κ2) is 4.12. The summed E-state index contributed by atoms with van der Waals surface area (Å²) >= 11 is 0. The molecule has 0 heterocycles. The van der Waals surface area contributed by atoms with Gasteiger partial charge in [0.15, 0.2) is 5.75 Å². The van der Waals surface area contributed by atoms with E-state index >= 15 is 0 Å². The van der Waals surface area contributed by atoms with E-state index in [0.29, 0.717) is 5.92 Å². The second-order valence-electron chi connectivity index (χ2n) is 2.94. The summed E-state index contributed by atoms with van der Waals surface area (Å²) in [7, 11) is 1.51.